The molecule has 2 aromatic carbocycles. The van der Waals surface area contributed by atoms with Crippen molar-refractivity contribution < 1.29 is 19.1 Å². The number of methoxy groups -OCH3 is 2. The Morgan fingerprint density at radius 1 is 0.931 bits per heavy atom. The fourth-order valence-electron chi connectivity index (χ4n) is 3.30. The fourth-order valence-corrected chi connectivity index (χ4v) is 3.30. The minimum Gasteiger partial charge on any atom is -0.497 e. The maximum atomic E-state index is 12.0. The van der Waals surface area contributed by atoms with Crippen LogP contribution in [0.5, 0.6) is 11.5 Å². The quantitative estimate of drug-likeness (QED) is 0.639. The second kappa shape index (κ2) is 8.68. The van der Waals surface area contributed by atoms with E-state index < -0.39 is 0 Å². The number of aromatic nitrogens is 2. The number of rotatable bonds is 6. The first-order valence-corrected chi connectivity index (χ1v) is 9.20. The van der Waals surface area contributed by atoms with Crippen LogP contribution in [0.2, 0.25) is 0 Å². The van der Waals surface area contributed by atoms with Crippen LogP contribution >= 0.6 is 0 Å². The van der Waals surface area contributed by atoms with Crippen molar-refractivity contribution in [2.24, 2.45) is 0 Å². The molecule has 0 fully saturated rings. The monoisotopic (exact) mass is 393 g/mol. The summed E-state index contributed by atoms with van der Waals surface area (Å²) in [7, 11) is 3.27. The molecule has 1 heterocycles. The highest BCUT2D eigenvalue weighted by atomic mass is 16.5. The summed E-state index contributed by atoms with van der Waals surface area (Å²) in [6.45, 7) is 2.68. The smallest absolute Gasteiger partial charge is 0.231 e. The highest BCUT2D eigenvalue weighted by Gasteiger charge is 2.20. The van der Waals surface area contributed by atoms with Crippen molar-refractivity contribution >= 4 is 28.5 Å². The maximum absolute atomic E-state index is 12.0. The van der Waals surface area contributed by atoms with Gasteiger partial charge in [0.05, 0.1) is 19.7 Å². The van der Waals surface area contributed by atoms with Crippen LogP contribution in [0, 0.1) is 0 Å². The first-order chi connectivity index (χ1) is 13.9. The molecule has 0 atom stereocenters. The second-order valence-corrected chi connectivity index (χ2v) is 6.60. The molecule has 3 rings (SSSR count). The Bertz CT molecular complexity index is 1050. The number of aryl methyl sites for hydroxylation is 2. The number of fused-ring (bicyclic) bond motifs is 1. The molecule has 0 unspecified atom stereocenters. The Balaban J connectivity index is 1.95. The Hall–Kier alpha value is -3.48. The molecule has 0 saturated heterocycles. The Kier molecular flexibility index (Phi) is 6.07. The van der Waals surface area contributed by atoms with E-state index in [0.717, 1.165) is 40.4 Å². The number of benzene rings is 2. The molecule has 0 spiro atoms. The number of carbonyl (C=O) groups is 2. The molecule has 150 valence electrons. The molecule has 0 N–H and O–H groups in total. The topological polar surface area (TPSA) is 81.6 Å². The first-order valence-electron chi connectivity index (χ1n) is 9.20. The highest BCUT2D eigenvalue weighted by Crippen LogP contribution is 2.28. The largest absolute Gasteiger partial charge is 0.497 e. The summed E-state index contributed by atoms with van der Waals surface area (Å²) >= 11 is 0. The number of hydrogen-bond acceptors (Lipinski definition) is 6. The van der Waals surface area contributed by atoms with Gasteiger partial charge < -0.3 is 9.47 Å². The fraction of sp³-hybridized carbons (Fsp3) is 0.273. The number of amides is 2. The third-order valence-corrected chi connectivity index (χ3v) is 4.69. The van der Waals surface area contributed by atoms with Crippen LogP contribution in [0.15, 0.2) is 42.7 Å². The predicted octanol–water partition coefficient (Wildman–Crippen LogP) is 3.33. The van der Waals surface area contributed by atoms with Crippen LogP contribution in [0.3, 0.4) is 0 Å². The molecule has 7 nitrogen and oxygen atoms in total. The summed E-state index contributed by atoms with van der Waals surface area (Å²) in [6.07, 6.45) is 2.82. The van der Waals surface area contributed by atoms with E-state index >= 15 is 0 Å². The van der Waals surface area contributed by atoms with Gasteiger partial charge in [-0.05, 0) is 54.3 Å². The number of anilines is 1. The lowest BCUT2D eigenvalue weighted by Gasteiger charge is -2.18. The average molecular weight is 393 g/mol. The highest BCUT2D eigenvalue weighted by molar-refractivity contribution is 6.16. The molecule has 0 saturated carbocycles. The van der Waals surface area contributed by atoms with Crippen molar-refractivity contribution in [1.29, 1.82) is 0 Å². The van der Waals surface area contributed by atoms with Gasteiger partial charge in [0.15, 0.2) is 5.82 Å². The molecule has 0 aliphatic carbocycles. The van der Waals surface area contributed by atoms with Crippen molar-refractivity contribution in [3.05, 3.63) is 53.9 Å². The maximum Gasteiger partial charge on any atom is 0.231 e. The summed E-state index contributed by atoms with van der Waals surface area (Å²) in [4.78, 5) is 33.5. The van der Waals surface area contributed by atoms with E-state index in [0.29, 0.717) is 16.7 Å². The Morgan fingerprint density at radius 3 is 2.34 bits per heavy atom. The standard InChI is InChI=1S/C22H23N3O4/c1-14(26)25(15(2)27)22-19-11-16(6-9-20(19)23-13-24-22)5-7-17-12-18(28-3)8-10-21(17)29-4/h6,8-13H,5,7H2,1-4H3. The summed E-state index contributed by atoms with van der Waals surface area (Å²) in [5.41, 5.74) is 2.74. The molecule has 7 heteroatoms. The minimum absolute atomic E-state index is 0.302. The lowest BCUT2D eigenvalue weighted by atomic mass is 10.0. The van der Waals surface area contributed by atoms with Gasteiger partial charge >= 0.3 is 0 Å². The molecule has 1 aromatic heterocycles. The lowest BCUT2D eigenvalue weighted by molar-refractivity contribution is -0.124. The third kappa shape index (κ3) is 4.34. The number of imide groups is 1. The minimum atomic E-state index is -0.385. The number of hydrogen-bond donors (Lipinski definition) is 0. The van der Waals surface area contributed by atoms with Gasteiger partial charge in [0, 0.05) is 19.2 Å². The van der Waals surface area contributed by atoms with Gasteiger partial charge in [0.1, 0.15) is 17.8 Å². The van der Waals surface area contributed by atoms with Crippen LogP contribution in [0.25, 0.3) is 10.9 Å². The first kappa shape index (κ1) is 20.3. The summed E-state index contributed by atoms with van der Waals surface area (Å²) in [6, 6.07) is 11.5. The van der Waals surface area contributed by atoms with Crippen molar-refractivity contribution in [2.75, 3.05) is 19.1 Å². The number of nitrogens with zero attached hydrogens (tertiary/aromatic N) is 3. The van der Waals surface area contributed by atoms with Gasteiger partial charge in [-0.25, -0.2) is 14.9 Å². The number of carbonyl (C=O) groups excluding carboxylic acids is 2. The van der Waals surface area contributed by atoms with Crippen LogP contribution in [0.1, 0.15) is 25.0 Å². The zero-order chi connectivity index (χ0) is 21.0. The van der Waals surface area contributed by atoms with Gasteiger partial charge in [-0.3, -0.25) is 9.59 Å². The summed E-state index contributed by atoms with van der Waals surface area (Å²) < 4.78 is 10.8. The van der Waals surface area contributed by atoms with Crippen molar-refractivity contribution in [3.8, 4) is 11.5 Å². The van der Waals surface area contributed by atoms with E-state index in [1.165, 1.54) is 20.2 Å². The molecule has 0 aliphatic rings. The zero-order valence-electron chi connectivity index (χ0n) is 16.9. The van der Waals surface area contributed by atoms with Crippen LogP contribution in [-0.4, -0.2) is 36.0 Å². The average Bonchev–Trinajstić information content (AvgIpc) is 2.71. The van der Waals surface area contributed by atoms with Gasteiger partial charge in [-0.1, -0.05) is 6.07 Å². The normalized spacial score (nSPS) is 10.6. The van der Waals surface area contributed by atoms with Crippen LogP contribution in [-0.2, 0) is 22.4 Å². The predicted molar refractivity (Wildman–Crippen MR) is 110 cm³/mol. The Morgan fingerprint density at radius 2 is 1.69 bits per heavy atom. The van der Waals surface area contributed by atoms with E-state index in [2.05, 4.69) is 9.97 Å². The van der Waals surface area contributed by atoms with Crippen molar-refractivity contribution in [2.45, 2.75) is 26.7 Å². The Labute approximate surface area is 169 Å². The summed E-state index contributed by atoms with van der Waals surface area (Å²) in [5, 5.41) is 0.660. The van der Waals surface area contributed by atoms with E-state index in [4.69, 9.17) is 9.47 Å². The van der Waals surface area contributed by atoms with Gasteiger partial charge in [-0.15, -0.1) is 0 Å². The molecule has 0 bridgehead atoms. The van der Waals surface area contributed by atoms with Gasteiger partial charge in [-0.2, -0.15) is 0 Å². The molecular weight excluding hydrogens is 370 g/mol. The SMILES string of the molecule is COc1ccc(OC)c(CCc2ccc3ncnc(N(C(C)=O)C(C)=O)c3c2)c1. The van der Waals surface area contributed by atoms with E-state index in [9.17, 15) is 9.59 Å². The number of ether oxygens (including phenoxy) is 2. The molecule has 0 aliphatic heterocycles. The van der Waals surface area contributed by atoms with E-state index in [1.54, 1.807) is 14.2 Å². The van der Waals surface area contributed by atoms with Crippen LogP contribution < -0.4 is 14.4 Å². The molecular formula is C22H23N3O4. The lowest BCUT2D eigenvalue weighted by Crippen LogP contribution is -2.34. The second-order valence-electron chi connectivity index (χ2n) is 6.60. The van der Waals surface area contributed by atoms with E-state index in [1.807, 2.05) is 36.4 Å². The summed E-state index contributed by atoms with van der Waals surface area (Å²) in [5.74, 6) is 1.10. The van der Waals surface area contributed by atoms with Crippen molar-refractivity contribution in [3.63, 3.8) is 0 Å². The van der Waals surface area contributed by atoms with E-state index in [-0.39, 0.29) is 11.8 Å². The zero-order valence-corrected chi connectivity index (χ0v) is 16.9. The van der Waals surface area contributed by atoms with Gasteiger partial charge in [0.2, 0.25) is 11.8 Å². The molecule has 3 aromatic rings. The van der Waals surface area contributed by atoms with Crippen LogP contribution in [0.4, 0.5) is 5.82 Å². The van der Waals surface area contributed by atoms with Crippen molar-refractivity contribution in [1.82, 2.24) is 9.97 Å². The third-order valence-electron chi connectivity index (χ3n) is 4.69. The van der Waals surface area contributed by atoms with Gasteiger partial charge in [0.25, 0.3) is 0 Å². The molecule has 29 heavy (non-hydrogen) atoms. The molecule has 0 radical (unpaired) electrons. The molecule has 2 amide bonds.